The van der Waals surface area contributed by atoms with E-state index in [1.165, 1.54) is 6.42 Å². The molecule has 1 saturated heterocycles. The van der Waals surface area contributed by atoms with E-state index < -0.39 is 0 Å². The average molecular weight is 149 g/mol. The summed E-state index contributed by atoms with van der Waals surface area (Å²) in [4.78, 5) is 12.6. The highest BCUT2D eigenvalue weighted by molar-refractivity contribution is 6.90. The Morgan fingerprint density at radius 2 is 2.55 bits per heavy atom. The predicted molar refractivity (Wildman–Crippen MR) is 48.5 cm³/mol. The van der Waals surface area contributed by atoms with Gasteiger partial charge in [0.1, 0.15) is 7.17 Å². The highest BCUT2D eigenvalue weighted by Crippen LogP contribution is 2.59. The fourth-order valence-corrected chi connectivity index (χ4v) is 2.63. The van der Waals surface area contributed by atoms with Crippen molar-refractivity contribution in [2.45, 2.75) is 19.3 Å². The Labute approximate surface area is 69.0 Å². The van der Waals surface area contributed by atoms with Gasteiger partial charge in [-0.3, -0.25) is 4.79 Å². The minimum Gasteiger partial charge on any atom is -0.350 e. The molecule has 3 unspecified atom stereocenters. The van der Waals surface area contributed by atoms with Crippen molar-refractivity contribution in [2.75, 3.05) is 6.54 Å². The second-order valence-electron chi connectivity index (χ2n) is 4.22. The van der Waals surface area contributed by atoms with Crippen molar-refractivity contribution in [1.29, 1.82) is 0 Å². The first-order valence-corrected chi connectivity index (χ1v) is 4.42. The molecular weight excluding hydrogens is 136 g/mol. The van der Waals surface area contributed by atoms with Crippen LogP contribution in [0.3, 0.4) is 0 Å². The van der Waals surface area contributed by atoms with Crippen LogP contribution in [-0.2, 0) is 4.79 Å². The molecule has 2 rings (SSSR count). The maximum absolute atomic E-state index is 10.6. The van der Waals surface area contributed by atoms with E-state index in [9.17, 15) is 4.79 Å². The normalized spacial score (nSPS) is 46.8. The van der Waals surface area contributed by atoms with E-state index in [0.717, 1.165) is 26.0 Å². The molecule has 0 spiro atoms. The van der Waals surface area contributed by atoms with Crippen LogP contribution in [0.5, 0.6) is 0 Å². The van der Waals surface area contributed by atoms with E-state index in [-0.39, 0.29) is 0 Å². The van der Waals surface area contributed by atoms with Crippen molar-refractivity contribution in [2.24, 2.45) is 11.3 Å². The summed E-state index contributed by atoms with van der Waals surface area (Å²) in [6.07, 6.45) is 2.36. The molecule has 4 heteroatoms. The van der Waals surface area contributed by atoms with Crippen molar-refractivity contribution in [3.63, 3.8) is 0 Å². The largest absolute Gasteiger partial charge is 0.350 e. The van der Waals surface area contributed by atoms with Crippen molar-refractivity contribution >= 4 is 21.3 Å². The third-order valence-electron chi connectivity index (χ3n) is 3.41. The molecule has 0 aromatic carbocycles. The molecule has 0 N–H and O–H groups in total. The molecular formula is C7H13B2NO. The minimum absolute atomic E-state index is 0.502. The van der Waals surface area contributed by atoms with Gasteiger partial charge in [0.15, 0.2) is 0 Å². The lowest BCUT2D eigenvalue weighted by Gasteiger charge is -2.21. The molecule has 1 aliphatic carbocycles. The molecule has 1 saturated carbocycles. The summed E-state index contributed by atoms with van der Waals surface area (Å²) in [5.74, 6) is 1.37. The zero-order valence-electron chi connectivity index (χ0n) is 7.21. The molecule has 0 aromatic rings. The van der Waals surface area contributed by atoms with Gasteiger partial charge in [0, 0.05) is 6.54 Å². The second-order valence-corrected chi connectivity index (χ2v) is 4.22. The number of piperidine rings is 1. The molecule has 1 amide bonds. The summed E-state index contributed by atoms with van der Waals surface area (Å²) in [6, 6.07) is 0. The van der Waals surface area contributed by atoms with Crippen molar-refractivity contribution in [3.8, 4) is 0 Å². The van der Waals surface area contributed by atoms with E-state index in [1.54, 1.807) is 0 Å². The van der Waals surface area contributed by atoms with Gasteiger partial charge in [0.05, 0.1) is 7.74 Å². The molecule has 2 aliphatic rings. The van der Waals surface area contributed by atoms with Crippen LogP contribution in [-0.4, -0.2) is 38.7 Å². The molecule has 58 valence electrons. The topological polar surface area (TPSA) is 20.3 Å². The number of hydrogen-bond acceptors (Lipinski definition) is 1. The van der Waals surface area contributed by atoms with Crippen LogP contribution in [0.4, 0.5) is 0 Å². The summed E-state index contributed by atoms with van der Waals surface area (Å²) in [6.45, 7) is 3.30. The summed E-state index contributed by atoms with van der Waals surface area (Å²) in [5.41, 5.74) is 0.502. The number of nitrogens with zero attached hydrogens (tertiary/aromatic N) is 1. The number of rotatable bonds is 2. The molecule has 11 heavy (non-hydrogen) atoms. The van der Waals surface area contributed by atoms with Gasteiger partial charge in [-0.05, 0) is 23.7 Å². The van der Waals surface area contributed by atoms with Crippen molar-refractivity contribution in [1.82, 2.24) is 4.90 Å². The Morgan fingerprint density at radius 3 is 3.00 bits per heavy atom. The Bertz CT molecular complexity index is 199. The minimum atomic E-state index is 0.502. The second kappa shape index (κ2) is 2.05. The van der Waals surface area contributed by atoms with Crippen LogP contribution in [0, 0.1) is 11.3 Å². The smallest absolute Gasteiger partial charge is 0.209 e. The number of amides is 1. The lowest BCUT2D eigenvalue weighted by molar-refractivity contribution is -0.118. The number of likely N-dealkylation sites (tertiary alicyclic amines) is 1. The van der Waals surface area contributed by atoms with Gasteiger partial charge < -0.3 is 4.90 Å². The van der Waals surface area contributed by atoms with Gasteiger partial charge in [-0.15, -0.1) is 0 Å². The van der Waals surface area contributed by atoms with Gasteiger partial charge in [-0.1, -0.05) is 6.92 Å². The van der Waals surface area contributed by atoms with Gasteiger partial charge in [-0.25, -0.2) is 0 Å². The predicted octanol–water partition coefficient (Wildman–Crippen LogP) is -1.20. The van der Waals surface area contributed by atoms with E-state index in [1.807, 2.05) is 4.90 Å². The third-order valence-corrected chi connectivity index (χ3v) is 3.41. The molecule has 2 fully saturated rings. The van der Waals surface area contributed by atoms with Crippen LogP contribution >= 0.6 is 0 Å². The van der Waals surface area contributed by atoms with E-state index in [4.69, 9.17) is 0 Å². The average Bonchev–Trinajstić information content (AvgIpc) is 2.56. The maximum atomic E-state index is 10.6. The van der Waals surface area contributed by atoms with Crippen molar-refractivity contribution in [3.05, 3.63) is 0 Å². The van der Waals surface area contributed by atoms with E-state index in [0.29, 0.717) is 11.4 Å². The zero-order valence-corrected chi connectivity index (χ0v) is 7.21. The monoisotopic (exact) mass is 149 g/mol. The summed E-state index contributed by atoms with van der Waals surface area (Å²) in [5, 5.41) is 0. The van der Waals surface area contributed by atoms with Gasteiger partial charge >= 0.3 is 0 Å². The lowest BCUT2D eigenvalue weighted by atomic mass is 9.49. The fourth-order valence-electron chi connectivity index (χ4n) is 2.63. The Morgan fingerprint density at radius 1 is 1.82 bits per heavy atom. The highest BCUT2D eigenvalue weighted by Gasteiger charge is 2.60. The van der Waals surface area contributed by atoms with Crippen LogP contribution in [0.1, 0.15) is 13.3 Å². The lowest BCUT2D eigenvalue weighted by Crippen LogP contribution is -2.37. The Hall–Kier alpha value is -0.400. The third kappa shape index (κ3) is 0.846. The number of carbonyl (C=O) groups excluding carboxylic acids is 1. The molecule has 2 nitrogen and oxygen atoms in total. The summed E-state index contributed by atoms with van der Waals surface area (Å²) < 4.78 is 0. The summed E-state index contributed by atoms with van der Waals surface area (Å²) >= 11 is 0. The zero-order chi connectivity index (χ0) is 8.06. The first kappa shape index (κ1) is 7.26. The highest BCUT2D eigenvalue weighted by atomic mass is 16.1. The molecule has 3 atom stereocenters. The quantitative estimate of drug-likeness (QED) is 0.356. The number of fused-ring (bicyclic) bond motifs is 1. The summed E-state index contributed by atoms with van der Waals surface area (Å²) in [7, 11) is 3.30. The molecule has 0 radical (unpaired) electrons. The number of carbonyl (C=O) groups is 1. The van der Waals surface area contributed by atoms with E-state index >= 15 is 0 Å². The van der Waals surface area contributed by atoms with Crippen molar-refractivity contribution < 1.29 is 4.79 Å². The molecule has 0 bridgehead atoms. The number of hydrogen-bond donors (Lipinski definition) is 0. The Kier molecular flexibility index (Phi) is 1.35. The molecule has 1 aliphatic heterocycles. The van der Waals surface area contributed by atoms with E-state index in [2.05, 4.69) is 14.7 Å². The van der Waals surface area contributed by atoms with Crippen LogP contribution in [0.25, 0.3) is 0 Å². The SMILES string of the molecule is BBC1C2CC2(C)CN1C=O. The van der Waals surface area contributed by atoms with Gasteiger partial charge in [0.2, 0.25) is 6.41 Å². The van der Waals surface area contributed by atoms with Gasteiger partial charge in [-0.2, -0.15) is 0 Å². The van der Waals surface area contributed by atoms with Crippen LogP contribution in [0.2, 0.25) is 0 Å². The first-order chi connectivity index (χ1) is 5.21. The van der Waals surface area contributed by atoms with Gasteiger partial charge in [0.25, 0.3) is 0 Å². The first-order valence-electron chi connectivity index (χ1n) is 4.42. The fraction of sp³-hybridized carbons (Fsp3) is 0.857. The Balaban J connectivity index is 2.12. The molecule has 0 aromatic heterocycles. The van der Waals surface area contributed by atoms with Crippen LogP contribution in [0.15, 0.2) is 0 Å². The maximum Gasteiger partial charge on any atom is 0.209 e. The molecule has 1 heterocycles. The standard InChI is InChI=1S/C7H13B2NO/c1-7-2-5(7)6(9-8)10(3-7)4-11/h4-6,9H,2-3,8H2,1H3. The van der Waals surface area contributed by atoms with Crippen LogP contribution < -0.4 is 0 Å².